The van der Waals surface area contributed by atoms with Crippen molar-refractivity contribution in [1.82, 2.24) is 4.90 Å². The second kappa shape index (κ2) is 7.67. The maximum absolute atomic E-state index is 12.3. The van der Waals surface area contributed by atoms with Crippen LogP contribution in [0.25, 0.3) is 0 Å². The fraction of sp³-hybridized carbons (Fsp3) is 0.467. The van der Waals surface area contributed by atoms with Crippen LogP contribution in [-0.2, 0) is 14.6 Å². The summed E-state index contributed by atoms with van der Waals surface area (Å²) in [6.45, 7) is 5.58. The molecule has 23 heavy (non-hydrogen) atoms. The third-order valence-electron chi connectivity index (χ3n) is 3.63. The van der Waals surface area contributed by atoms with Gasteiger partial charge in [0.15, 0.2) is 9.84 Å². The normalized spacial score (nSPS) is 17.2. The maximum Gasteiger partial charge on any atom is 0.269 e. The SMILES string of the molecule is C/C(=C\CN1CCOCC1)CS(=O)(=O)c1ccc([N+](=O)[O-])cc1. The lowest BCUT2D eigenvalue weighted by atomic mass is 10.3. The Balaban J connectivity index is 2.00. The van der Waals surface area contributed by atoms with Gasteiger partial charge in [-0.1, -0.05) is 11.6 Å². The number of ether oxygens (including phenoxy) is 1. The first kappa shape index (κ1) is 17.6. The van der Waals surface area contributed by atoms with E-state index in [0.717, 1.165) is 18.7 Å². The van der Waals surface area contributed by atoms with Gasteiger partial charge in [-0.2, -0.15) is 0 Å². The van der Waals surface area contributed by atoms with Crippen molar-refractivity contribution in [3.05, 3.63) is 46.0 Å². The molecule has 1 aromatic carbocycles. The van der Waals surface area contributed by atoms with Gasteiger partial charge in [-0.05, 0) is 19.1 Å². The smallest absolute Gasteiger partial charge is 0.269 e. The standard InChI is InChI=1S/C15H20N2O5S/c1-13(6-7-16-8-10-22-11-9-16)12-23(20,21)15-4-2-14(3-5-15)17(18)19/h2-6H,7-12H2,1H3/b13-6+. The Bertz CT molecular complexity index is 676. The van der Waals surface area contributed by atoms with Gasteiger partial charge in [0.25, 0.3) is 5.69 Å². The highest BCUT2D eigenvalue weighted by Crippen LogP contribution is 2.18. The molecule has 1 aliphatic heterocycles. The quantitative estimate of drug-likeness (QED) is 0.444. The molecule has 0 bridgehead atoms. The molecule has 0 radical (unpaired) electrons. The van der Waals surface area contributed by atoms with Crippen molar-refractivity contribution in [3.8, 4) is 0 Å². The number of sulfone groups is 1. The zero-order chi connectivity index (χ0) is 16.9. The van der Waals surface area contributed by atoms with Crippen LogP contribution >= 0.6 is 0 Å². The minimum absolute atomic E-state index is 0.0881. The topological polar surface area (TPSA) is 89.8 Å². The van der Waals surface area contributed by atoms with Crippen LogP contribution in [0.2, 0.25) is 0 Å². The molecule has 7 nitrogen and oxygen atoms in total. The third-order valence-corrected chi connectivity index (χ3v) is 5.45. The molecule has 0 amide bonds. The number of hydrogen-bond acceptors (Lipinski definition) is 6. The zero-order valence-corrected chi connectivity index (χ0v) is 13.8. The first-order valence-corrected chi connectivity index (χ1v) is 8.97. The van der Waals surface area contributed by atoms with Crippen LogP contribution in [0.5, 0.6) is 0 Å². The van der Waals surface area contributed by atoms with Crippen molar-refractivity contribution < 1.29 is 18.1 Å². The molecule has 1 heterocycles. The predicted octanol–water partition coefficient (Wildman–Crippen LogP) is 1.65. The lowest BCUT2D eigenvalue weighted by Crippen LogP contribution is -2.36. The Morgan fingerprint density at radius 2 is 1.91 bits per heavy atom. The average Bonchev–Trinajstić information content (AvgIpc) is 2.53. The summed E-state index contributed by atoms with van der Waals surface area (Å²) in [5.41, 5.74) is 0.637. The highest BCUT2D eigenvalue weighted by atomic mass is 32.2. The molecule has 1 aromatic rings. The van der Waals surface area contributed by atoms with E-state index < -0.39 is 14.8 Å². The van der Waals surface area contributed by atoms with Gasteiger partial charge < -0.3 is 4.74 Å². The van der Waals surface area contributed by atoms with Crippen LogP contribution in [0.1, 0.15) is 6.92 Å². The Morgan fingerprint density at radius 1 is 1.30 bits per heavy atom. The van der Waals surface area contributed by atoms with Crippen molar-refractivity contribution in [2.24, 2.45) is 0 Å². The Kier molecular flexibility index (Phi) is 5.86. The lowest BCUT2D eigenvalue weighted by Gasteiger charge is -2.25. The largest absolute Gasteiger partial charge is 0.379 e. The van der Waals surface area contributed by atoms with Crippen LogP contribution < -0.4 is 0 Å². The van der Waals surface area contributed by atoms with Crippen LogP contribution in [-0.4, -0.2) is 56.8 Å². The molecule has 126 valence electrons. The molecule has 0 unspecified atom stereocenters. The van der Waals surface area contributed by atoms with Crippen LogP contribution in [0.4, 0.5) is 5.69 Å². The number of nitro benzene ring substituents is 1. The summed E-state index contributed by atoms with van der Waals surface area (Å²) in [6.07, 6.45) is 1.91. The van der Waals surface area contributed by atoms with Gasteiger partial charge in [0.05, 0.1) is 28.8 Å². The molecule has 8 heteroatoms. The fourth-order valence-corrected chi connectivity index (χ4v) is 3.72. The lowest BCUT2D eigenvalue weighted by molar-refractivity contribution is -0.384. The van der Waals surface area contributed by atoms with Gasteiger partial charge in [0.2, 0.25) is 0 Å². The summed E-state index contributed by atoms with van der Waals surface area (Å²) < 4.78 is 29.9. The predicted molar refractivity (Wildman–Crippen MR) is 86.2 cm³/mol. The molecule has 1 fully saturated rings. The minimum Gasteiger partial charge on any atom is -0.379 e. The third kappa shape index (κ3) is 5.12. The second-order valence-electron chi connectivity index (χ2n) is 5.47. The Hall–Kier alpha value is -1.77. The second-order valence-corrected chi connectivity index (χ2v) is 7.46. The number of hydrogen-bond donors (Lipinski definition) is 0. The van der Waals surface area contributed by atoms with Crippen LogP contribution in [0, 0.1) is 10.1 Å². The van der Waals surface area contributed by atoms with E-state index in [-0.39, 0.29) is 16.3 Å². The van der Waals surface area contributed by atoms with E-state index in [1.165, 1.54) is 24.3 Å². The molecule has 2 rings (SSSR count). The van der Waals surface area contributed by atoms with Crippen LogP contribution in [0.3, 0.4) is 0 Å². The van der Waals surface area contributed by atoms with Gasteiger partial charge in [-0.15, -0.1) is 0 Å². The molecule has 0 aromatic heterocycles. The molecule has 0 aliphatic carbocycles. The van der Waals surface area contributed by atoms with E-state index in [1.807, 2.05) is 6.08 Å². The van der Waals surface area contributed by atoms with E-state index in [1.54, 1.807) is 6.92 Å². The number of non-ortho nitro benzene ring substituents is 1. The highest BCUT2D eigenvalue weighted by molar-refractivity contribution is 7.91. The number of nitrogens with zero attached hydrogens (tertiary/aromatic N) is 2. The summed E-state index contributed by atoms with van der Waals surface area (Å²) in [5, 5.41) is 10.6. The molecule has 0 spiro atoms. The van der Waals surface area contributed by atoms with E-state index in [9.17, 15) is 18.5 Å². The van der Waals surface area contributed by atoms with Crippen molar-refractivity contribution in [2.45, 2.75) is 11.8 Å². The summed E-state index contributed by atoms with van der Waals surface area (Å²) in [7, 11) is -3.49. The van der Waals surface area contributed by atoms with Gasteiger partial charge in [0, 0.05) is 31.8 Å². The van der Waals surface area contributed by atoms with Crippen molar-refractivity contribution in [2.75, 3.05) is 38.6 Å². The molecule has 1 aliphatic rings. The zero-order valence-electron chi connectivity index (χ0n) is 13.0. The summed E-state index contributed by atoms with van der Waals surface area (Å²) in [4.78, 5) is 12.4. The number of nitro groups is 1. The van der Waals surface area contributed by atoms with E-state index >= 15 is 0 Å². The monoisotopic (exact) mass is 340 g/mol. The van der Waals surface area contributed by atoms with Gasteiger partial charge >= 0.3 is 0 Å². The molecular weight excluding hydrogens is 320 g/mol. The maximum atomic E-state index is 12.3. The van der Waals surface area contributed by atoms with Crippen molar-refractivity contribution >= 4 is 15.5 Å². The van der Waals surface area contributed by atoms with Gasteiger partial charge in [-0.3, -0.25) is 15.0 Å². The van der Waals surface area contributed by atoms with Crippen molar-refractivity contribution in [3.63, 3.8) is 0 Å². The summed E-state index contributed by atoms with van der Waals surface area (Å²) in [6, 6.07) is 4.98. The first-order chi connectivity index (χ1) is 10.9. The Morgan fingerprint density at radius 3 is 2.48 bits per heavy atom. The molecule has 1 saturated heterocycles. The first-order valence-electron chi connectivity index (χ1n) is 7.31. The molecule has 0 N–H and O–H groups in total. The minimum atomic E-state index is -3.49. The highest BCUT2D eigenvalue weighted by Gasteiger charge is 2.17. The summed E-state index contributed by atoms with van der Waals surface area (Å²) in [5.74, 6) is -0.0881. The summed E-state index contributed by atoms with van der Waals surface area (Å²) >= 11 is 0. The van der Waals surface area contributed by atoms with Crippen molar-refractivity contribution in [1.29, 1.82) is 0 Å². The average molecular weight is 340 g/mol. The van der Waals surface area contributed by atoms with Crippen LogP contribution in [0.15, 0.2) is 40.8 Å². The number of benzene rings is 1. The Labute approximate surface area is 135 Å². The van der Waals surface area contributed by atoms with Gasteiger partial charge in [0.1, 0.15) is 0 Å². The van der Waals surface area contributed by atoms with E-state index in [4.69, 9.17) is 4.74 Å². The number of morpholine rings is 1. The molecular formula is C15H20N2O5S. The van der Waals surface area contributed by atoms with Gasteiger partial charge in [-0.25, -0.2) is 8.42 Å². The van der Waals surface area contributed by atoms with E-state index in [0.29, 0.717) is 19.8 Å². The number of rotatable bonds is 6. The van der Waals surface area contributed by atoms with E-state index in [2.05, 4.69) is 4.90 Å². The molecule has 0 saturated carbocycles. The molecule has 0 atom stereocenters. The fourth-order valence-electron chi connectivity index (χ4n) is 2.29.